The Morgan fingerprint density at radius 3 is 1.36 bits per heavy atom. The largest absolute Gasteiger partial charge is 0.493 e. The first-order valence-electron chi connectivity index (χ1n) is 13.4. The van der Waals surface area contributed by atoms with Crippen molar-refractivity contribution < 1.29 is 9.47 Å². The van der Waals surface area contributed by atoms with Gasteiger partial charge in [0.1, 0.15) is 11.5 Å². The number of hydrogen-bond acceptors (Lipinski definition) is 3. The van der Waals surface area contributed by atoms with Crippen molar-refractivity contribution in [3.8, 4) is 11.5 Å². The van der Waals surface area contributed by atoms with E-state index < -0.39 is 0 Å². The van der Waals surface area contributed by atoms with Crippen molar-refractivity contribution in [3.05, 3.63) is 35.4 Å². The van der Waals surface area contributed by atoms with Crippen LogP contribution in [0.5, 0.6) is 11.5 Å². The molecule has 0 saturated heterocycles. The third-order valence-corrected chi connectivity index (χ3v) is 7.49. The third-order valence-electron chi connectivity index (χ3n) is 6.40. The molecule has 0 saturated carbocycles. The lowest BCUT2D eigenvalue weighted by molar-refractivity contribution is 0.305. The molecule has 33 heavy (non-hydrogen) atoms. The zero-order valence-electron chi connectivity index (χ0n) is 21.4. The fourth-order valence-electron chi connectivity index (χ4n) is 4.57. The van der Waals surface area contributed by atoms with Gasteiger partial charge in [-0.25, -0.2) is 0 Å². The minimum atomic E-state index is 0.793. The Labute approximate surface area is 205 Å². The highest BCUT2D eigenvalue weighted by Gasteiger charge is 2.16. The number of aryl methyl sites for hydroxylation is 2. The number of unbranched alkanes of at least 4 members (excludes halogenated alkanes) is 10. The van der Waals surface area contributed by atoms with Gasteiger partial charge >= 0.3 is 0 Å². The predicted molar refractivity (Wildman–Crippen MR) is 147 cm³/mol. The Morgan fingerprint density at radius 2 is 0.939 bits per heavy atom. The second-order valence-electron chi connectivity index (χ2n) is 9.61. The summed E-state index contributed by atoms with van der Waals surface area (Å²) in [6.45, 7) is 10.5. The van der Waals surface area contributed by atoms with E-state index in [9.17, 15) is 0 Å². The van der Waals surface area contributed by atoms with Crippen LogP contribution in [0.1, 0.15) is 102 Å². The molecule has 1 aromatic heterocycles. The van der Waals surface area contributed by atoms with Gasteiger partial charge in [-0.15, -0.1) is 11.3 Å². The van der Waals surface area contributed by atoms with Crippen LogP contribution in [0, 0.1) is 13.8 Å². The standard InChI is InChI=1S/C30H44O2S/c1-5-7-9-11-13-15-17-31-25-19-23(3)21-27-29(25)30-26(20-24(4)22-28(30)33-27)32-18-16-14-12-10-8-6-2/h19-22H,5-18H2,1-4H3. The maximum atomic E-state index is 6.39. The maximum Gasteiger partial charge on any atom is 0.128 e. The molecule has 0 aliphatic rings. The summed E-state index contributed by atoms with van der Waals surface area (Å²) in [6.07, 6.45) is 15.4. The third kappa shape index (κ3) is 7.64. The van der Waals surface area contributed by atoms with E-state index in [1.165, 1.54) is 95.5 Å². The molecule has 0 unspecified atom stereocenters. The molecule has 0 radical (unpaired) electrons. The summed E-state index contributed by atoms with van der Waals surface area (Å²) in [5.41, 5.74) is 2.52. The molecule has 182 valence electrons. The summed E-state index contributed by atoms with van der Waals surface area (Å²) < 4.78 is 15.4. The normalized spacial score (nSPS) is 11.5. The van der Waals surface area contributed by atoms with E-state index in [1.807, 2.05) is 11.3 Å². The van der Waals surface area contributed by atoms with Crippen LogP contribution >= 0.6 is 11.3 Å². The molecule has 2 aromatic carbocycles. The predicted octanol–water partition coefficient (Wildman–Crippen LogP) is 10.1. The Balaban J connectivity index is 1.74. The van der Waals surface area contributed by atoms with Crippen molar-refractivity contribution >= 4 is 31.5 Å². The van der Waals surface area contributed by atoms with Crippen LogP contribution in [-0.4, -0.2) is 13.2 Å². The molecule has 3 aromatic rings. The summed E-state index contributed by atoms with van der Waals surface area (Å²) in [5.74, 6) is 2.05. The van der Waals surface area contributed by atoms with Crippen LogP contribution < -0.4 is 9.47 Å². The SMILES string of the molecule is CCCCCCCCOc1cc(C)cc2sc3cc(C)cc(OCCCCCCCC)c3c12. The van der Waals surface area contributed by atoms with Crippen LogP contribution in [0.25, 0.3) is 20.2 Å². The van der Waals surface area contributed by atoms with Gasteiger partial charge < -0.3 is 9.47 Å². The van der Waals surface area contributed by atoms with Gasteiger partial charge in [-0.1, -0.05) is 78.1 Å². The zero-order valence-corrected chi connectivity index (χ0v) is 22.3. The van der Waals surface area contributed by atoms with Crippen LogP contribution in [0.2, 0.25) is 0 Å². The minimum Gasteiger partial charge on any atom is -0.493 e. The Kier molecular flexibility index (Phi) is 10.9. The van der Waals surface area contributed by atoms with Gasteiger partial charge in [0, 0.05) is 20.2 Å². The smallest absolute Gasteiger partial charge is 0.128 e. The van der Waals surface area contributed by atoms with E-state index in [-0.39, 0.29) is 0 Å². The van der Waals surface area contributed by atoms with Gasteiger partial charge in [0.2, 0.25) is 0 Å². The number of fused-ring (bicyclic) bond motifs is 3. The topological polar surface area (TPSA) is 18.5 Å². The van der Waals surface area contributed by atoms with Crippen LogP contribution in [0.4, 0.5) is 0 Å². The van der Waals surface area contributed by atoms with Crippen molar-refractivity contribution in [3.63, 3.8) is 0 Å². The average molecular weight is 469 g/mol. The van der Waals surface area contributed by atoms with Crippen molar-refractivity contribution in [2.24, 2.45) is 0 Å². The Bertz CT molecular complexity index is 910. The summed E-state index contributed by atoms with van der Waals surface area (Å²) in [5, 5.41) is 2.48. The molecular weight excluding hydrogens is 424 g/mol. The maximum absolute atomic E-state index is 6.39. The summed E-state index contributed by atoms with van der Waals surface area (Å²) >= 11 is 1.86. The van der Waals surface area contributed by atoms with Gasteiger partial charge in [-0.2, -0.15) is 0 Å². The lowest BCUT2D eigenvalue weighted by atomic mass is 10.1. The molecule has 1 heterocycles. The highest BCUT2D eigenvalue weighted by atomic mass is 32.1. The van der Waals surface area contributed by atoms with Crippen molar-refractivity contribution in [2.45, 2.75) is 105 Å². The number of thiophene rings is 1. The average Bonchev–Trinajstić information content (AvgIpc) is 3.15. The lowest BCUT2D eigenvalue weighted by Crippen LogP contribution is -2.00. The molecule has 3 heteroatoms. The Hall–Kier alpha value is -1.74. The van der Waals surface area contributed by atoms with E-state index in [0.717, 1.165) is 37.6 Å². The van der Waals surface area contributed by atoms with Gasteiger partial charge in [-0.3, -0.25) is 0 Å². The monoisotopic (exact) mass is 468 g/mol. The fourth-order valence-corrected chi connectivity index (χ4v) is 5.91. The van der Waals surface area contributed by atoms with E-state index in [0.29, 0.717) is 0 Å². The summed E-state index contributed by atoms with van der Waals surface area (Å²) in [7, 11) is 0. The van der Waals surface area contributed by atoms with Gasteiger partial charge in [0.25, 0.3) is 0 Å². The van der Waals surface area contributed by atoms with Gasteiger partial charge in [0.15, 0.2) is 0 Å². The lowest BCUT2D eigenvalue weighted by Gasteiger charge is -2.12. The molecule has 0 bridgehead atoms. The van der Waals surface area contributed by atoms with E-state index in [2.05, 4.69) is 52.0 Å². The first kappa shape index (κ1) is 25.9. The Morgan fingerprint density at radius 1 is 0.545 bits per heavy atom. The second-order valence-corrected chi connectivity index (χ2v) is 10.7. The van der Waals surface area contributed by atoms with E-state index >= 15 is 0 Å². The number of ether oxygens (including phenoxy) is 2. The molecule has 3 rings (SSSR count). The van der Waals surface area contributed by atoms with Crippen molar-refractivity contribution in [2.75, 3.05) is 13.2 Å². The number of hydrogen-bond donors (Lipinski definition) is 0. The zero-order chi connectivity index (χ0) is 23.5. The first-order valence-corrected chi connectivity index (χ1v) is 14.2. The summed E-state index contributed by atoms with van der Waals surface area (Å²) in [4.78, 5) is 0. The fraction of sp³-hybridized carbons (Fsp3) is 0.600. The first-order chi connectivity index (χ1) is 16.1. The van der Waals surface area contributed by atoms with Crippen LogP contribution in [0.15, 0.2) is 24.3 Å². The molecular formula is C30H44O2S. The molecule has 0 aliphatic carbocycles. The number of rotatable bonds is 16. The molecule has 0 amide bonds. The van der Waals surface area contributed by atoms with Crippen molar-refractivity contribution in [1.29, 1.82) is 0 Å². The van der Waals surface area contributed by atoms with Crippen LogP contribution in [-0.2, 0) is 0 Å². The minimum absolute atomic E-state index is 0.793. The van der Waals surface area contributed by atoms with E-state index in [4.69, 9.17) is 9.47 Å². The molecule has 0 N–H and O–H groups in total. The van der Waals surface area contributed by atoms with Crippen molar-refractivity contribution in [1.82, 2.24) is 0 Å². The molecule has 0 spiro atoms. The highest BCUT2D eigenvalue weighted by Crippen LogP contribution is 2.45. The second kappa shape index (κ2) is 13.8. The molecule has 2 nitrogen and oxygen atoms in total. The van der Waals surface area contributed by atoms with Crippen LogP contribution in [0.3, 0.4) is 0 Å². The summed E-state index contributed by atoms with van der Waals surface area (Å²) in [6, 6.07) is 9.01. The quantitative estimate of drug-likeness (QED) is 0.195. The molecule has 0 atom stereocenters. The highest BCUT2D eigenvalue weighted by molar-refractivity contribution is 7.26. The molecule has 0 fully saturated rings. The van der Waals surface area contributed by atoms with Gasteiger partial charge in [-0.05, 0) is 62.1 Å². The number of benzene rings is 2. The van der Waals surface area contributed by atoms with Gasteiger partial charge in [0.05, 0.1) is 13.2 Å². The molecule has 0 aliphatic heterocycles. The van der Waals surface area contributed by atoms with E-state index in [1.54, 1.807) is 0 Å².